The van der Waals surface area contributed by atoms with Gasteiger partial charge in [-0.2, -0.15) is 0 Å². The molecule has 3 aromatic carbocycles. The summed E-state index contributed by atoms with van der Waals surface area (Å²) in [5.41, 5.74) is 3.62. The molecule has 7 aromatic rings. The molecule has 30 nitrogen and oxygen atoms in total. The maximum atomic E-state index is 15.0. The Bertz CT molecular complexity index is 4180. The number of H-pyrrole nitrogens is 1. The van der Waals surface area contributed by atoms with Crippen LogP contribution in [0.5, 0.6) is 0 Å². The van der Waals surface area contributed by atoms with Crippen molar-refractivity contribution in [3.8, 4) is 11.8 Å². The maximum absolute atomic E-state index is 15.0. The van der Waals surface area contributed by atoms with Gasteiger partial charge in [-0.3, -0.25) is 37.9 Å². The summed E-state index contributed by atoms with van der Waals surface area (Å²) in [6, 6.07) is 19.9. The lowest BCUT2D eigenvalue weighted by Crippen LogP contribution is -2.53. The Balaban J connectivity index is 0.636. The molecule has 0 spiro atoms. The van der Waals surface area contributed by atoms with Crippen molar-refractivity contribution < 1.29 is 79.7 Å². The average molecular weight is 1360 g/mol. The Labute approximate surface area is 550 Å². The fourth-order valence-electron chi connectivity index (χ4n) is 10.8. The van der Waals surface area contributed by atoms with Crippen LogP contribution in [0, 0.1) is 23.6 Å². The van der Waals surface area contributed by atoms with E-state index in [0.717, 1.165) is 39.5 Å². The third-order valence-corrected chi connectivity index (χ3v) is 17.6. The number of hydrogen-bond donors (Lipinski definition) is 6. The number of anilines is 3. The fourth-order valence-corrected chi connectivity index (χ4v) is 12.3. The third kappa shape index (κ3) is 17.0. The molecule has 0 bridgehead atoms. The number of amides is 6. The summed E-state index contributed by atoms with van der Waals surface area (Å²) in [5, 5.41) is 21.9. The number of halogens is 1. The van der Waals surface area contributed by atoms with E-state index in [1.165, 1.54) is 43.2 Å². The lowest BCUT2D eigenvalue weighted by Gasteiger charge is -2.26. The number of methoxy groups -OCH3 is 1. The number of imidazole rings is 1. The van der Waals surface area contributed by atoms with Crippen LogP contribution < -0.4 is 31.7 Å². The topological polar surface area (TPSA) is 370 Å². The number of aromatic nitrogens is 7. The molecule has 10 rings (SSSR count). The number of hydrogen-bond acceptors (Lipinski definition) is 21. The number of carbonyl (C=O) groups excluding carboxylic acids is 6. The second kappa shape index (κ2) is 31.9. The number of benzene rings is 3. The van der Waals surface area contributed by atoms with Crippen LogP contribution in [0.25, 0.3) is 22.2 Å². The molecule has 2 fully saturated rings. The van der Waals surface area contributed by atoms with E-state index >= 15 is 4.39 Å². The van der Waals surface area contributed by atoms with Gasteiger partial charge in [-0.25, -0.2) is 29.1 Å². The highest BCUT2D eigenvalue weighted by molar-refractivity contribution is 7.33. The Morgan fingerprint density at radius 1 is 0.812 bits per heavy atom. The van der Waals surface area contributed by atoms with Crippen LogP contribution in [-0.4, -0.2) is 150 Å². The minimum Gasteiger partial charge on any atom is -0.445 e. The molecular formula is C63H70FN13O17P2+2. The zero-order chi connectivity index (χ0) is 68.2. The smallest absolute Gasteiger partial charge is 0.445 e. The second-order valence-electron chi connectivity index (χ2n) is 23.1. The van der Waals surface area contributed by atoms with Crippen molar-refractivity contribution in [3.63, 3.8) is 0 Å². The molecule has 96 heavy (non-hydrogen) atoms. The van der Waals surface area contributed by atoms with Crippen molar-refractivity contribution in [2.75, 3.05) is 49.4 Å². The third-order valence-electron chi connectivity index (χ3n) is 16.1. The largest absolute Gasteiger partial charge is 0.699 e. The molecule has 6 N–H and O–H groups in total. The van der Waals surface area contributed by atoms with Crippen LogP contribution in [0.3, 0.4) is 0 Å². The van der Waals surface area contributed by atoms with Gasteiger partial charge in [0.25, 0.3) is 5.56 Å². The molecule has 10 atom stereocenters. The predicted octanol–water partition coefficient (Wildman–Crippen LogP) is 6.71. The molecule has 3 unspecified atom stereocenters. The maximum Gasteiger partial charge on any atom is 0.699 e. The number of fused-ring (bicyclic) bond motifs is 5. The van der Waals surface area contributed by atoms with E-state index < -0.39 is 119 Å². The van der Waals surface area contributed by atoms with Gasteiger partial charge >= 0.3 is 22.6 Å². The summed E-state index contributed by atoms with van der Waals surface area (Å²) >= 11 is 0. The van der Waals surface area contributed by atoms with Crippen molar-refractivity contribution in [1.29, 1.82) is 0 Å². The number of nitrogens with one attached hydrogen (secondary N) is 5. The van der Waals surface area contributed by atoms with E-state index in [1.54, 1.807) is 43.0 Å². The monoisotopic (exact) mass is 1360 g/mol. The van der Waals surface area contributed by atoms with Gasteiger partial charge < -0.3 is 55.4 Å². The molecule has 3 aliphatic rings. The van der Waals surface area contributed by atoms with E-state index in [0.29, 0.717) is 30.6 Å². The quantitative estimate of drug-likeness (QED) is 0.0247. The van der Waals surface area contributed by atoms with Crippen LogP contribution in [0.15, 0.2) is 103 Å². The van der Waals surface area contributed by atoms with Crippen LogP contribution in [0.2, 0.25) is 0 Å². The van der Waals surface area contributed by atoms with Gasteiger partial charge in [0.2, 0.25) is 35.8 Å². The first-order valence-corrected chi connectivity index (χ1v) is 32.9. The number of carbonyl (C=O) groups is 6. The first-order chi connectivity index (χ1) is 46.2. The Morgan fingerprint density at radius 2 is 1.53 bits per heavy atom. The minimum absolute atomic E-state index is 0.00120. The summed E-state index contributed by atoms with van der Waals surface area (Å²) in [6.45, 7) is 4.43. The lowest BCUT2D eigenvalue weighted by molar-refractivity contribution is -0.131. The van der Waals surface area contributed by atoms with Gasteiger partial charge in [0.05, 0.1) is 24.9 Å². The summed E-state index contributed by atoms with van der Waals surface area (Å²) in [7, 11) is -3.36. The lowest BCUT2D eigenvalue weighted by atomic mass is 10.0. The highest BCUT2D eigenvalue weighted by Gasteiger charge is 2.48. The van der Waals surface area contributed by atoms with Crippen molar-refractivity contribution in [2.24, 2.45) is 5.92 Å². The van der Waals surface area contributed by atoms with E-state index in [1.807, 2.05) is 48.5 Å². The number of para-hydroxylation sites is 1. The Kier molecular flexibility index (Phi) is 23.1. The zero-order valence-electron chi connectivity index (χ0n) is 52.7. The molecular weight excluding hydrogens is 1290 g/mol. The van der Waals surface area contributed by atoms with E-state index in [4.69, 9.17) is 32.3 Å². The van der Waals surface area contributed by atoms with Gasteiger partial charge in [0.15, 0.2) is 28.4 Å². The molecule has 2 saturated heterocycles. The average Bonchev–Trinajstić information content (AvgIpc) is 1.61. The molecule has 0 saturated carbocycles. The summed E-state index contributed by atoms with van der Waals surface area (Å²) in [4.78, 5) is 114. The highest BCUT2D eigenvalue weighted by Crippen LogP contribution is 2.43. The van der Waals surface area contributed by atoms with E-state index in [2.05, 4.69) is 58.0 Å². The number of unbranched alkanes of at least 4 members (excludes halogenated alkanes) is 1. The fraction of sp³-hybridized carbons (Fsp3) is 0.413. The van der Waals surface area contributed by atoms with Crippen LogP contribution >= 0.6 is 16.5 Å². The van der Waals surface area contributed by atoms with Crippen LogP contribution in [-0.2, 0) is 78.6 Å². The first-order valence-electron chi connectivity index (χ1n) is 30.7. The number of ether oxygens (including phenoxy) is 3. The Morgan fingerprint density at radius 3 is 2.31 bits per heavy atom. The van der Waals surface area contributed by atoms with E-state index in [9.17, 15) is 47.8 Å². The molecule has 3 aliphatic heterocycles. The van der Waals surface area contributed by atoms with Crippen molar-refractivity contribution in [3.05, 3.63) is 136 Å². The number of nitrogens with zero attached hydrogens (tertiary/aromatic N) is 8. The van der Waals surface area contributed by atoms with Crippen molar-refractivity contribution in [1.82, 2.24) is 49.6 Å². The number of rotatable bonds is 21. The van der Waals surface area contributed by atoms with Gasteiger partial charge in [-0.1, -0.05) is 72.7 Å². The van der Waals surface area contributed by atoms with Gasteiger partial charge in [0, 0.05) is 78.5 Å². The van der Waals surface area contributed by atoms with E-state index in [-0.39, 0.29) is 85.6 Å². The predicted molar refractivity (Wildman–Crippen MR) is 342 cm³/mol. The number of aliphatic hydroxyl groups is 1. The molecule has 7 heterocycles. The van der Waals surface area contributed by atoms with Crippen molar-refractivity contribution >= 4 is 91.5 Å². The summed E-state index contributed by atoms with van der Waals surface area (Å²) in [6.07, 6.45) is -2.79. The Hall–Kier alpha value is -9.34. The standard InChI is InChI=1S/C63H68FN13O17P2/c1-36(2)53(72-48(78)17-10-11-19-50(80)75-28-41-15-7-6-13-39(41)22-23-40-14-8-9-16-44(40)75)61(84)70-37(3)59(82)71-42-24-20-38(21-25-42)30-89-63(85)74(4)26-12-18-49(79)73-56-54-58(67-33-65-56)77(35-69-54)51-27-45-46(92-51)31-90-96(87)94-62(55(81)47(88-5)32-91-95(86)93-45)76-29-43(64)52-57(76)66-34-68-60(52)83/h6-9,13-16,20-21,24-25,29,33-37,45-47,51,53,55,62,81H,10-12,17-19,26-28,30-32H2,1-5H3,(H3-2,65,66,67,68,70,71,72,73,78,79,82,83,84)/p+2/t37-,45-,46+,47?,51+,53-,55+,62+/m0/s1. The minimum atomic E-state index is -3.14. The van der Waals surface area contributed by atoms with Crippen molar-refractivity contribution in [2.45, 2.75) is 128 Å². The molecule has 504 valence electrons. The van der Waals surface area contributed by atoms with Crippen LogP contribution in [0.1, 0.15) is 100 Å². The molecule has 6 amide bonds. The second-order valence-corrected chi connectivity index (χ2v) is 24.9. The molecule has 0 radical (unpaired) electrons. The number of aliphatic hydroxyl groups excluding tert-OH is 1. The summed E-state index contributed by atoms with van der Waals surface area (Å²) in [5.74, 6) is 3.20. The first kappa shape index (κ1) is 69.5. The molecule has 33 heteroatoms. The zero-order valence-corrected chi connectivity index (χ0v) is 54.5. The number of aromatic amines is 1. The van der Waals surface area contributed by atoms with Crippen LogP contribution in [0.4, 0.5) is 26.4 Å². The van der Waals surface area contributed by atoms with Gasteiger partial charge in [-0.05, 0) is 73.6 Å². The molecule has 4 aromatic heterocycles. The molecule has 0 aliphatic carbocycles. The normalized spacial score (nSPS) is 20.3. The van der Waals surface area contributed by atoms with Gasteiger partial charge in [0.1, 0.15) is 74.3 Å². The summed E-state index contributed by atoms with van der Waals surface area (Å²) < 4.78 is 83.6. The highest BCUT2D eigenvalue weighted by atomic mass is 31.1. The SMILES string of the molecule is COC1CO[P+](=O)O[C@H]2C[C@H](n3cnc4c(NC(=O)CCCN(C)C(=O)OCc5ccc(NC(=O)[C@H](C)NC(=O)[C@@H](NC(=O)CCCCC(=O)N6Cc7ccccc7C#Cc7ccccc76)C(C)C)cc5)ncnc43)O[C@@H]2CO[P+](=O)O[C@@H](n2cc(F)c3c(=O)[nH]cnc32)[C@@H]1O. The van der Waals surface area contributed by atoms with Gasteiger partial charge in [-0.15, -0.1) is 13.6 Å².